The average molecular weight is 560 g/mol. The molecule has 1 aliphatic heterocycles. The van der Waals surface area contributed by atoms with E-state index in [0.29, 0.717) is 12.4 Å². The Bertz CT molecular complexity index is 1660. The zero-order valence-corrected chi connectivity index (χ0v) is 23.4. The van der Waals surface area contributed by atoms with Crippen LogP contribution >= 0.6 is 0 Å². The zero-order chi connectivity index (χ0) is 29.1. The third-order valence-corrected chi connectivity index (χ3v) is 7.94. The minimum Gasteiger partial charge on any atom is -0.489 e. The molecule has 7 nitrogen and oxygen atoms in total. The lowest BCUT2D eigenvalue weighted by atomic mass is 9.96. The van der Waals surface area contributed by atoms with Crippen molar-refractivity contribution in [2.45, 2.75) is 31.0 Å². The summed E-state index contributed by atoms with van der Waals surface area (Å²) in [5.41, 5.74) is 2.19. The van der Waals surface area contributed by atoms with E-state index in [1.807, 2.05) is 83.8 Å². The van der Waals surface area contributed by atoms with Crippen molar-refractivity contribution in [1.29, 1.82) is 0 Å². The summed E-state index contributed by atoms with van der Waals surface area (Å²) in [6.07, 6.45) is 6.85. The molecule has 1 unspecified atom stereocenters. The molecule has 212 valence electrons. The van der Waals surface area contributed by atoms with Crippen LogP contribution in [0.1, 0.15) is 46.1 Å². The predicted molar refractivity (Wildman–Crippen MR) is 163 cm³/mol. The number of ether oxygens (including phenoxy) is 2. The molecule has 0 saturated heterocycles. The Morgan fingerprint density at radius 1 is 0.857 bits per heavy atom. The number of aromatic nitrogens is 1. The highest BCUT2D eigenvalue weighted by Gasteiger charge is 2.52. The van der Waals surface area contributed by atoms with E-state index < -0.39 is 5.54 Å². The molecular weight excluding hydrogens is 526 g/mol. The molecule has 7 heteroatoms. The fourth-order valence-corrected chi connectivity index (χ4v) is 5.59. The Labute approximate surface area is 245 Å². The van der Waals surface area contributed by atoms with E-state index in [1.165, 1.54) is 6.07 Å². The molecule has 2 aliphatic rings. The predicted octanol–water partition coefficient (Wildman–Crippen LogP) is 5.85. The Hall–Kier alpha value is -5.04. The number of carbonyl (C=O) groups is 1. The lowest BCUT2D eigenvalue weighted by Gasteiger charge is -2.46. The highest BCUT2D eigenvalue weighted by molar-refractivity contribution is 5.97. The van der Waals surface area contributed by atoms with Gasteiger partial charge in [-0.05, 0) is 30.0 Å². The van der Waals surface area contributed by atoms with E-state index in [2.05, 4.69) is 30.3 Å². The molecule has 1 fully saturated rings. The summed E-state index contributed by atoms with van der Waals surface area (Å²) in [7, 11) is 0. The van der Waals surface area contributed by atoms with Crippen LogP contribution in [0.25, 0.3) is 0 Å². The molecule has 1 amide bonds. The van der Waals surface area contributed by atoms with E-state index >= 15 is 0 Å². The number of nitrogens with zero attached hydrogens (tertiary/aromatic N) is 3. The van der Waals surface area contributed by atoms with Crippen LogP contribution in [0, 0.1) is 0 Å². The van der Waals surface area contributed by atoms with Crippen LogP contribution < -0.4 is 19.9 Å². The van der Waals surface area contributed by atoms with Crippen LogP contribution in [0.5, 0.6) is 11.5 Å². The molecule has 42 heavy (non-hydrogen) atoms. The van der Waals surface area contributed by atoms with Gasteiger partial charge in [0.25, 0.3) is 5.91 Å². The lowest BCUT2D eigenvalue weighted by Crippen LogP contribution is -2.58. The molecule has 1 saturated carbocycles. The largest absolute Gasteiger partial charge is 0.489 e. The molecule has 0 N–H and O–H groups in total. The van der Waals surface area contributed by atoms with Gasteiger partial charge in [0.1, 0.15) is 31.7 Å². The second-order valence-electron chi connectivity index (χ2n) is 10.5. The standard InChI is InChI=1S/C35H33N3O4/c1-3-23-41-30-18-12-11-17-28(30)31(27-15-9-6-10-16-27)38-25-36(35(4-2)20-21-35)34(40)32-33(29(39)19-22-37(32)38)42-24-26-13-7-5-8-14-26/h3-19,22,31H,1-2,20-21,23-25H2. The first kappa shape index (κ1) is 27.1. The first-order chi connectivity index (χ1) is 20.6. The number of amides is 1. The van der Waals surface area contributed by atoms with Crippen LogP contribution in [0.2, 0.25) is 0 Å². The minimum absolute atomic E-state index is 0.0314. The van der Waals surface area contributed by atoms with Gasteiger partial charge in [0, 0.05) is 17.8 Å². The number of hydrogen-bond donors (Lipinski definition) is 0. The summed E-state index contributed by atoms with van der Waals surface area (Å²) in [6.45, 7) is 8.66. The van der Waals surface area contributed by atoms with E-state index in [9.17, 15) is 9.59 Å². The average Bonchev–Trinajstić information content (AvgIpc) is 3.83. The van der Waals surface area contributed by atoms with Crippen molar-refractivity contribution in [2.75, 3.05) is 18.3 Å². The monoisotopic (exact) mass is 559 g/mol. The van der Waals surface area contributed by atoms with Crippen molar-refractivity contribution in [2.24, 2.45) is 0 Å². The Morgan fingerprint density at radius 3 is 2.24 bits per heavy atom. The van der Waals surface area contributed by atoms with E-state index in [1.54, 1.807) is 16.9 Å². The number of para-hydroxylation sites is 1. The topological polar surface area (TPSA) is 64.0 Å². The maximum absolute atomic E-state index is 14.3. The minimum atomic E-state index is -0.483. The smallest absolute Gasteiger partial charge is 0.278 e. The molecule has 2 heterocycles. The van der Waals surface area contributed by atoms with Gasteiger partial charge in [-0.1, -0.05) is 97.6 Å². The van der Waals surface area contributed by atoms with Gasteiger partial charge in [-0.3, -0.25) is 19.3 Å². The molecule has 6 rings (SSSR count). The summed E-state index contributed by atoms with van der Waals surface area (Å²) in [5.74, 6) is 0.485. The lowest BCUT2D eigenvalue weighted by molar-refractivity contribution is 0.0602. The highest BCUT2D eigenvalue weighted by atomic mass is 16.5. The van der Waals surface area contributed by atoms with Crippen LogP contribution in [0.4, 0.5) is 0 Å². The number of rotatable bonds is 11. The van der Waals surface area contributed by atoms with Crippen molar-refractivity contribution in [3.8, 4) is 11.5 Å². The number of benzene rings is 3. The number of carbonyl (C=O) groups excluding carboxylic acids is 1. The van der Waals surface area contributed by atoms with Gasteiger partial charge in [0.2, 0.25) is 5.43 Å². The van der Waals surface area contributed by atoms with E-state index in [4.69, 9.17) is 9.47 Å². The second kappa shape index (κ2) is 11.4. The van der Waals surface area contributed by atoms with E-state index in [0.717, 1.165) is 29.5 Å². The van der Waals surface area contributed by atoms with Gasteiger partial charge < -0.3 is 14.4 Å². The van der Waals surface area contributed by atoms with Gasteiger partial charge in [-0.25, -0.2) is 0 Å². The fourth-order valence-electron chi connectivity index (χ4n) is 5.59. The Kier molecular flexibility index (Phi) is 7.40. The Balaban J connectivity index is 1.54. The molecule has 1 aliphatic carbocycles. The van der Waals surface area contributed by atoms with Crippen LogP contribution in [-0.2, 0) is 6.61 Å². The third kappa shape index (κ3) is 4.98. The maximum atomic E-state index is 14.3. The number of hydrogen-bond acceptors (Lipinski definition) is 5. The zero-order valence-electron chi connectivity index (χ0n) is 23.4. The summed E-state index contributed by atoms with van der Waals surface area (Å²) in [4.78, 5) is 29.4. The summed E-state index contributed by atoms with van der Waals surface area (Å²) in [5, 5.41) is 2.10. The SMILES string of the molecule is C=CCOc1ccccc1C(c1ccccc1)N1CN(C2(C=C)CC2)C(=O)c2c(OCc3ccccc3)c(=O)ccn21. The van der Waals surface area contributed by atoms with Crippen molar-refractivity contribution in [3.63, 3.8) is 0 Å². The third-order valence-electron chi connectivity index (χ3n) is 7.94. The maximum Gasteiger partial charge on any atom is 0.278 e. The van der Waals surface area contributed by atoms with Gasteiger partial charge >= 0.3 is 0 Å². The summed E-state index contributed by atoms with van der Waals surface area (Å²) < 4.78 is 14.1. The van der Waals surface area contributed by atoms with Crippen LogP contribution in [0.15, 0.2) is 127 Å². The van der Waals surface area contributed by atoms with Gasteiger partial charge in [0.15, 0.2) is 11.4 Å². The quantitative estimate of drug-likeness (QED) is 0.216. The number of pyridine rings is 1. The summed E-state index contributed by atoms with van der Waals surface area (Å²) >= 11 is 0. The molecule has 0 spiro atoms. The highest BCUT2D eigenvalue weighted by Crippen LogP contribution is 2.46. The van der Waals surface area contributed by atoms with Crippen LogP contribution in [-0.4, -0.2) is 34.3 Å². The Morgan fingerprint density at radius 2 is 1.55 bits per heavy atom. The van der Waals surface area contributed by atoms with Gasteiger partial charge in [-0.15, -0.1) is 6.58 Å². The molecule has 0 radical (unpaired) electrons. The van der Waals surface area contributed by atoms with Gasteiger partial charge in [-0.2, -0.15) is 0 Å². The molecule has 0 bridgehead atoms. The fraction of sp³-hybridized carbons (Fsp3) is 0.200. The van der Waals surface area contributed by atoms with Crippen molar-refractivity contribution < 1.29 is 14.3 Å². The van der Waals surface area contributed by atoms with Crippen molar-refractivity contribution >= 4 is 5.91 Å². The summed E-state index contributed by atoms with van der Waals surface area (Å²) in [6, 6.07) is 28.7. The first-order valence-corrected chi connectivity index (χ1v) is 14.1. The first-order valence-electron chi connectivity index (χ1n) is 14.1. The second-order valence-corrected chi connectivity index (χ2v) is 10.5. The van der Waals surface area contributed by atoms with Crippen molar-refractivity contribution in [1.82, 2.24) is 9.58 Å². The normalized spacial score (nSPS) is 15.9. The van der Waals surface area contributed by atoms with E-state index in [-0.39, 0.29) is 42.1 Å². The molecule has 4 aromatic rings. The van der Waals surface area contributed by atoms with Crippen LogP contribution in [0.3, 0.4) is 0 Å². The number of fused-ring (bicyclic) bond motifs is 1. The molecule has 3 aromatic carbocycles. The van der Waals surface area contributed by atoms with Gasteiger partial charge in [0.05, 0.1) is 5.54 Å². The molecule has 1 aromatic heterocycles. The van der Waals surface area contributed by atoms with Crippen molar-refractivity contribution in [3.05, 3.63) is 155 Å². The molecular formula is C35H33N3O4. The molecule has 1 atom stereocenters.